The minimum absolute atomic E-state index is 0.0524. The third kappa shape index (κ3) is 2.52. The molecule has 0 amide bonds. The minimum atomic E-state index is -0.246. The molecule has 19 heavy (non-hydrogen) atoms. The molecule has 1 atom stereocenters. The average molecular weight is 259 g/mol. The predicted molar refractivity (Wildman–Crippen MR) is 72.1 cm³/mol. The van der Waals surface area contributed by atoms with Crippen molar-refractivity contribution >= 4 is 5.65 Å². The number of aliphatic hydroxyl groups excluding tert-OH is 1. The molecule has 0 saturated carbocycles. The van der Waals surface area contributed by atoms with Gasteiger partial charge in [-0.25, -0.2) is 4.98 Å². The van der Waals surface area contributed by atoms with E-state index in [9.17, 15) is 9.90 Å². The molecule has 2 aromatic rings. The second-order valence-corrected chi connectivity index (χ2v) is 5.20. The van der Waals surface area contributed by atoms with Gasteiger partial charge in [-0.2, -0.15) is 0 Å². The molecule has 1 saturated heterocycles. The number of aryl methyl sites for hydroxylation is 1. The molecule has 1 fully saturated rings. The number of hydrogen-bond donors (Lipinski definition) is 1. The molecule has 1 aliphatic rings. The van der Waals surface area contributed by atoms with Crippen molar-refractivity contribution in [3.8, 4) is 0 Å². The van der Waals surface area contributed by atoms with Gasteiger partial charge in [0.05, 0.1) is 11.8 Å². The van der Waals surface area contributed by atoms with E-state index in [0.29, 0.717) is 18.7 Å². The Morgan fingerprint density at radius 1 is 1.47 bits per heavy atom. The van der Waals surface area contributed by atoms with Gasteiger partial charge >= 0.3 is 0 Å². The number of fused-ring (bicyclic) bond motifs is 1. The monoisotopic (exact) mass is 259 g/mol. The summed E-state index contributed by atoms with van der Waals surface area (Å²) in [5, 5.41) is 9.51. The smallest absolute Gasteiger partial charge is 0.258 e. The number of aliphatic hydroxyl groups is 1. The van der Waals surface area contributed by atoms with Crippen LogP contribution in [0.15, 0.2) is 29.2 Å². The predicted octanol–water partition coefficient (Wildman–Crippen LogP) is 0.570. The van der Waals surface area contributed by atoms with Gasteiger partial charge in [-0.15, -0.1) is 0 Å². The van der Waals surface area contributed by atoms with Gasteiger partial charge < -0.3 is 5.11 Å². The van der Waals surface area contributed by atoms with Crippen LogP contribution >= 0.6 is 0 Å². The third-order valence-electron chi connectivity index (χ3n) is 3.49. The first-order chi connectivity index (χ1) is 9.11. The Morgan fingerprint density at radius 3 is 3.05 bits per heavy atom. The van der Waals surface area contributed by atoms with E-state index in [1.807, 2.05) is 19.1 Å². The van der Waals surface area contributed by atoms with Crippen LogP contribution in [0.3, 0.4) is 0 Å². The Morgan fingerprint density at radius 2 is 2.32 bits per heavy atom. The van der Waals surface area contributed by atoms with Crippen molar-refractivity contribution in [3.63, 3.8) is 0 Å². The highest BCUT2D eigenvalue weighted by Gasteiger charge is 2.20. The molecule has 0 unspecified atom stereocenters. The van der Waals surface area contributed by atoms with Crippen molar-refractivity contribution in [2.24, 2.45) is 0 Å². The lowest BCUT2D eigenvalue weighted by Gasteiger charge is -2.14. The largest absolute Gasteiger partial charge is 0.392 e. The van der Waals surface area contributed by atoms with E-state index in [1.54, 1.807) is 16.7 Å². The summed E-state index contributed by atoms with van der Waals surface area (Å²) in [6, 6.07) is 5.39. The number of aromatic nitrogens is 2. The van der Waals surface area contributed by atoms with Crippen LogP contribution < -0.4 is 5.56 Å². The lowest BCUT2D eigenvalue weighted by atomic mass is 10.3. The van der Waals surface area contributed by atoms with Gasteiger partial charge in [-0.1, -0.05) is 6.07 Å². The summed E-state index contributed by atoms with van der Waals surface area (Å²) in [6.07, 6.45) is 2.35. The summed E-state index contributed by atoms with van der Waals surface area (Å²) >= 11 is 0. The molecule has 3 heterocycles. The molecule has 0 spiro atoms. The first kappa shape index (κ1) is 12.3. The third-order valence-corrected chi connectivity index (χ3v) is 3.49. The van der Waals surface area contributed by atoms with E-state index in [0.717, 1.165) is 24.2 Å². The fraction of sp³-hybridized carbons (Fsp3) is 0.429. The molecule has 3 rings (SSSR count). The van der Waals surface area contributed by atoms with Gasteiger partial charge in [-0.3, -0.25) is 14.1 Å². The van der Waals surface area contributed by atoms with Crippen LogP contribution in [-0.4, -0.2) is 38.6 Å². The maximum absolute atomic E-state index is 12.0. The summed E-state index contributed by atoms with van der Waals surface area (Å²) in [6.45, 7) is 4.09. The van der Waals surface area contributed by atoms with E-state index >= 15 is 0 Å². The quantitative estimate of drug-likeness (QED) is 0.856. The fourth-order valence-electron chi connectivity index (χ4n) is 2.52. The molecule has 1 N–H and O–H groups in total. The van der Waals surface area contributed by atoms with Gasteiger partial charge in [-0.05, 0) is 25.0 Å². The van der Waals surface area contributed by atoms with Crippen LogP contribution in [0.4, 0.5) is 0 Å². The Labute approximate surface area is 111 Å². The zero-order valence-electron chi connectivity index (χ0n) is 10.9. The normalized spacial score (nSPS) is 20.2. The standard InChI is InChI=1S/C14H17N3O2/c1-10-2-3-13-15-11(6-14(19)17(13)7-10)8-16-5-4-12(18)9-16/h2-3,6-7,12,18H,4-5,8-9H2,1H3/t12-/m0/s1. The van der Waals surface area contributed by atoms with Gasteiger partial charge in [0.2, 0.25) is 0 Å². The van der Waals surface area contributed by atoms with Crippen molar-refractivity contribution in [1.29, 1.82) is 0 Å². The number of β-amino-alcohol motifs (C(OH)–C–C–N with tert-alkyl or cyclic N) is 1. The highest BCUT2D eigenvalue weighted by molar-refractivity contribution is 5.39. The summed E-state index contributed by atoms with van der Waals surface area (Å²) in [7, 11) is 0. The van der Waals surface area contributed by atoms with Gasteiger partial charge in [0, 0.05) is 31.9 Å². The highest BCUT2D eigenvalue weighted by atomic mass is 16.3. The maximum atomic E-state index is 12.0. The first-order valence-corrected chi connectivity index (χ1v) is 6.51. The van der Waals surface area contributed by atoms with Crippen molar-refractivity contribution in [1.82, 2.24) is 14.3 Å². The molecule has 5 nitrogen and oxygen atoms in total. The Balaban J connectivity index is 1.93. The highest BCUT2D eigenvalue weighted by Crippen LogP contribution is 2.12. The van der Waals surface area contributed by atoms with Crippen LogP contribution in [-0.2, 0) is 6.54 Å². The molecule has 100 valence electrons. The summed E-state index contributed by atoms with van der Waals surface area (Å²) in [5.74, 6) is 0. The second-order valence-electron chi connectivity index (χ2n) is 5.20. The molecular weight excluding hydrogens is 242 g/mol. The van der Waals surface area contributed by atoms with E-state index in [2.05, 4.69) is 9.88 Å². The molecule has 1 aliphatic heterocycles. The van der Waals surface area contributed by atoms with Crippen molar-refractivity contribution in [3.05, 3.63) is 46.0 Å². The summed E-state index contributed by atoms with van der Waals surface area (Å²) in [5.41, 5.74) is 2.42. The zero-order chi connectivity index (χ0) is 13.4. The van der Waals surface area contributed by atoms with E-state index in [1.165, 1.54) is 0 Å². The number of nitrogens with zero attached hydrogens (tertiary/aromatic N) is 3. The Bertz CT molecular complexity index is 665. The second kappa shape index (κ2) is 4.75. The fourth-order valence-corrected chi connectivity index (χ4v) is 2.52. The molecule has 0 aliphatic carbocycles. The SMILES string of the molecule is Cc1ccc2nc(CN3CC[C@H](O)C3)cc(=O)n2c1. The van der Waals surface area contributed by atoms with E-state index in [4.69, 9.17) is 0 Å². The Hall–Kier alpha value is -1.72. The molecule has 0 radical (unpaired) electrons. The summed E-state index contributed by atoms with van der Waals surface area (Å²) in [4.78, 5) is 18.7. The lowest BCUT2D eigenvalue weighted by molar-refractivity contribution is 0.174. The van der Waals surface area contributed by atoms with Crippen LogP contribution in [0.25, 0.3) is 5.65 Å². The first-order valence-electron chi connectivity index (χ1n) is 6.51. The van der Waals surface area contributed by atoms with Crippen molar-refractivity contribution in [2.45, 2.75) is 26.0 Å². The van der Waals surface area contributed by atoms with Crippen LogP contribution in [0, 0.1) is 6.92 Å². The zero-order valence-corrected chi connectivity index (χ0v) is 10.9. The molecule has 5 heteroatoms. The van der Waals surface area contributed by atoms with Crippen molar-refractivity contribution < 1.29 is 5.11 Å². The lowest BCUT2D eigenvalue weighted by Crippen LogP contribution is -2.24. The Kier molecular flexibility index (Phi) is 3.08. The molecular formula is C14H17N3O2. The van der Waals surface area contributed by atoms with Crippen LogP contribution in [0.1, 0.15) is 17.7 Å². The maximum Gasteiger partial charge on any atom is 0.258 e. The number of likely N-dealkylation sites (tertiary alicyclic amines) is 1. The van der Waals surface area contributed by atoms with Crippen LogP contribution in [0.5, 0.6) is 0 Å². The number of pyridine rings is 1. The van der Waals surface area contributed by atoms with E-state index in [-0.39, 0.29) is 11.7 Å². The van der Waals surface area contributed by atoms with Gasteiger partial charge in [0.25, 0.3) is 5.56 Å². The van der Waals surface area contributed by atoms with Gasteiger partial charge in [0.15, 0.2) is 0 Å². The molecule has 0 aromatic carbocycles. The summed E-state index contributed by atoms with van der Waals surface area (Å²) < 4.78 is 1.57. The van der Waals surface area contributed by atoms with Gasteiger partial charge in [0.1, 0.15) is 5.65 Å². The van der Waals surface area contributed by atoms with E-state index < -0.39 is 0 Å². The molecule has 2 aromatic heterocycles. The van der Waals surface area contributed by atoms with Crippen molar-refractivity contribution in [2.75, 3.05) is 13.1 Å². The van der Waals surface area contributed by atoms with Crippen LogP contribution in [0.2, 0.25) is 0 Å². The number of hydrogen-bond acceptors (Lipinski definition) is 4. The minimum Gasteiger partial charge on any atom is -0.392 e. The number of rotatable bonds is 2. The average Bonchev–Trinajstić information content (AvgIpc) is 2.76. The molecule has 0 bridgehead atoms. The topological polar surface area (TPSA) is 57.8 Å².